The minimum Gasteiger partial charge on any atom is -0.263 e. The topological polar surface area (TPSA) is 59.9 Å². The van der Waals surface area contributed by atoms with Crippen molar-refractivity contribution in [2.24, 2.45) is 5.41 Å². The average molecular weight is 322 g/mol. The fraction of sp³-hybridized carbons (Fsp3) is 0.467. The second kappa shape index (κ2) is 5.18. The number of sulfone groups is 1. The number of rotatable bonds is 3. The molecule has 0 bridgehead atoms. The molecule has 0 aromatic carbocycles. The van der Waals surface area contributed by atoms with Gasteiger partial charge in [-0.15, -0.1) is 11.3 Å². The van der Waals surface area contributed by atoms with E-state index in [-0.39, 0.29) is 10.6 Å². The zero-order valence-corrected chi connectivity index (χ0v) is 13.8. The Morgan fingerprint density at radius 3 is 2.90 bits per heavy atom. The summed E-state index contributed by atoms with van der Waals surface area (Å²) in [6, 6.07) is 3.22. The van der Waals surface area contributed by atoms with Gasteiger partial charge in [0, 0.05) is 17.3 Å². The predicted octanol–water partition coefficient (Wildman–Crippen LogP) is 3.03. The Kier molecular flexibility index (Phi) is 3.61. The summed E-state index contributed by atoms with van der Waals surface area (Å²) in [5.74, 6) is -0.0310. The first-order valence-corrected chi connectivity index (χ1v) is 9.43. The number of hydrogen-bond donors (Lipinski definition) is 0. The lowest BCUT2D eigenvalue weighted by Crippen LogP contribution is -2.20. The first-order valence-electron chi connectivity index (χ1n) is 6.96. The van der Waals surface area contributed by atoms with Crippen molar-refractivity contribution in [3.05, 3.63) is 40.1 Å². The van der Waals surface area contributed by atoms with Crippen molar-refractivity contribution in [1.29, 1.82) is 0 Å². The van der Waals surface area contributed by atoms with E-state index in [0.717, 1.165) is 25.0 Å². The maximum absolute atomic E-state index is 12.4. The second-order valence-electron chi connectivity index (χ2n) is 6.27. The van der Waals surface area contributed by atoms with Crippen molar-refractivity contribution in [2.75, 3.05) is 0 Å². The van der Waals surface area contributed by atoms with E-state index >= 15 is 0 Å². The second-order valence-corrected chi connectivity index (χ2v) is 9.42. The Balaban J connectivity index is 1.85. The fourth-order valence-corrected chi connectivity index (χ4v) is 5.52. The Morgan fingerprint density at radius 2 is 2.19 bits per heavy atom. The summed E-state index contributed by atoms with van der Waals surface area (Å²) >= 11 is 1.55. The number of pyridine rings is 1. The minimum absolute atomic E-state index is 0.0310. The maximum atomic E-state index is 12.4. The molecule has 0 radical (unpaired) electrons. The molecule has 2 aromatic rings. The molecule has 0 aliphatic heterocycles. The predicted molar refractivity (Wildman–Crippen MR) is 83.0 cm³/mol. The summed E-state index contributed by atoms with van der Waals surface area (Å²) < 4.78 is 24.7. The third-order valence-electron chi connectivity index (χ3n) is 3.81. The van der Waals surface area contributed by atoms with Gasteiger partial charge in [0.15, 0.2) is 9.84 Å². The zero-order valence-electron chi connectivity index (χ0n) is 12.2. The van der Waals surface area contributed by atoms with E-state index < -0.39 is 9.84 Å². The van der Waals surface area contributed by atoms with Gasteiger partial charge in [0.25, 0.3) is 0 Å². The quantitative estimate of drug-likeness (QED) is 0.871. The number of aromatic nitrogens is 2. The van der Waals surface area contributed by atoms with Crippen LogP contribution in [0.3, 0.4) is 0 Å². The van der Waals surface area contributed by atoms with Crippen molar-refractivity contribution in [1.82, 2.24) is 9.97 Å². The van der Waals surface area contributed by atoms with Crippen LogP contribution in [0.15, 0.2) is 29.4 Å². The zero-order chi connectivity index (χ0) is 15.1. The van der Waals surface area contributed by atoms with Gasteiger partial charge < -0.3 is 0 Å². The molecule has 112 valence electrons. The normalized spacial score (nSPS) is 17.4. The summed E-state index contributed by atoms with van der Waals surface area (Å²) in [6.45, 7) is 4.50. The van der Waals surface area contributed by atoms with Gasteiger partial charge in [-0.25, -0.2) is 13.4 Å². The highest BCUT2D eigenvalue weighted by Crippen LogP contribution is 2.37. The standard InChI is InChI=1S/C15H18N2O2S2/c1-15(2)6-5-12-13(8-15)20-14(17-12)10-21(18,19)11-4-3-7-16-9-11/h3-4,7,9H,5-6,8,10H2,1-2H3. The van der Waals surface area contributed by atoms with Gasteiger partial charge in [0.2, 0.25) is 0 Å². The molecule has 2 aromatic heterocycles. The van der Waals surface area contributed by atoms with Crippen LogP contribution >= 0.6 is 11.3 Å². The van der Waals surface area contributed by atoms with Gasteiger partial charge in [-0.2, -0.15) is 0 Å². The summed E-state index contributed by atoms with van der Waals surface area (Å²) in [5, 5.41) is 0.696. The minimum atomic E-state index is -3.36. The van der Waals surface area contributed by atoms with Crippen LogP contribution in [-0.4, -0.2) is 18.4 Å². The summed E-state index contributed by atoms with van der Waals surface area (Å²) in [4.78, 5) is 9.94. The van der Waals surface area contributed by atoms with Crippen LogP contribution in [0.5, 0.6) is 0 Å². The molecule has 2 heterocycles. The number of thiazole rings is 1. The molecule has 3 rings (SSSR count). The number of hydrogen-bond acceptors (Lipinski definition) is 5. The van der Waals surface area contributed by atoms with Gasteiger partial charge in [0.1, 0.15) is 10.8 Å². The maximum Gasteiger partial charge on any atom is 0.186 e. The molecule has 4 nitrogen and oxygen atoms in total. The first kappa shape index (κ1) is 14.7. The van der Waals surface area contributed by atoms with Gasteiger partial charge in [-0.3, -0.25) is 4.98 Å². The molecule has 0 amide bonds. The van der Waals surface area contributed by atoms with Crippen LogP contribution in [0.1, 0.15) is 35.8 Å². The third-order valence-corrected chi connectivity index (χ3v) is 6.70. The van der Waals surface area contributed by atoms with E-state index in [0.29, 0.717) is 10.4 Å². The third kappa shape index (κ3) is 3.16. The molecule has 1 aliphatic carbocycles. The summed E-state index contributed by atoms with van der Waals surface area (Å²) in [5.41, 5.74) is 1.38. The van der Waals surface area contributed by atoms with Crippen LogP contribution in [0, 0.1) is 5.41 Å². The van der Waals surface area contributed by atoms with Crippen molar-refractivity contribution >= 4 is 21.2 Å². The number of fused-ring (bicyclic) bond motifs is 1. The molecule has 0 saturated heterocycles. The highest BCUT2D eigenvalue weighted by molar-refractivity contribution is 7.90. The molecule has 0 N–H and O–H groups in total. The molecule has 1 aliphatic rings. The molecule has 0 saturated carbocycles. The highest BCUT2D eigenvalue weighted by Gasteiger charge is 2.29. The van der Waals surface area contributed by atoms with Crippen molar-refractivity contribution in [3.63, 3.8) is 0 Å². The van der Waals surface area contributed by atoms with E-state index in [9.17, 15) is 8.42 Å². The summed E-state index contributed by atoms with van der Waals surface area (Å²) in [6.07, 6.45) is 6.02. The van der Waals surface area contributed by atoms with Crippen LogP contribution in [0.4, 0.5) is 0 Å². The SMILES string of the molecule is CC1(C)CCc2nc(CS(=O)(=O)c3cccnc3)sc2C1. The van der Waals surface area contributed by atoms with E-state index in [1.807, 2.05) is 0 Å². The number of aryl methyl sites for hydroxylation is 1. The Hall–Kier alpha value is -1.27. The van der Waals surface area contributed by atoms with E-state index in [1.54, 1.807) is 29.7 Å². The Labute approximate surface area is 129 Å². The lowest BCUT2D eigenvalue weighted by Gasteiger charge is -2.28. The molecule has 6 heteroatoms. The largest absolute Gasteiger partial charge is 0.263 e. The van der Waals surface area contributed by atoms with Crippen LogP contribution in [0.2, 0.25) is 0 Å². The lowest BCUT2D eigenvalue weighted by atomic mass is 9.79. The van der Waals surface area contributed by atoms with Crippen LogP contribution in [0.25, 0.3) is 0 Å². The van der Waals surface area contributed by atoms with E-state index in [1.165, 1.54) is 11.1 Å². The summed E-state index contributed by atoms with van der Waals surface area (Å²) in [7, 11) is -3.36. The molecular weight excluding hydrogens is 304 g/mol. The Morgan fingerprint density at radius 1 is 1.38 bits per heavy atom. The van der Waals surface area contributed by atoms with Crippen molar-refractivity contribution < 1.29 is 8.42 Å². The molecule has 21 heavy (non-hydrogen) atoms. The van der Waals surface area contributed by atoms with Gasteiger partial charge in [0.05, 0.1) is 10.6 Å². The van der Waals surface area contributed by atoms with Crippen LogP contribution < -0.4 is 0 Å². The molecule has 0 spiro atoms. The highest BCUT2D eigenvalue weighted by atomic mass is 32.2. The Bertz CT molecular complexity index is 749. The van der Waals surface area contributed by atoms with Crippen LogP contribution in [-0.2, 0) is 28.4 Å². The smallest absolute Gasteiger partial charge is 0.186 e. The van der Waals surface area contributed by atoms with Gasteiger partial charge >= 0.3 is 0 Å². The molecule has 0 unspecified atom stereocenters. The van der Waals surface area contributed by atoms with Gasteiger partial charge in [-0.05, 0) is 36.8 Å². The van der Waals surface area contributed by atoms with Crippen molar-refractivity contribution in [2.45, 2.75) is 43.8 Å². The van der Waals surface area contributed by atoms with E-state index in [2.05, 4.69) is 23.8 Å². The lowest BCUT2D eigenvalue weighted by molar-refractivity contribution is 0.316. The average Bonchev–Trinajstić information content (AvgIpc) is 2.79. The first-order chi connectivity index (χ1) is 9.86. The van der Waals surface area contributed by atoms with Gasteiger partial charge in [-0.1, -0.05) is 13.8 Å². The molecule has 0 atom stereocenters. The number of nitrogens with zero attached hydrogens (tertiary/aromatic N) is 2. The monoisotopic (exact) mass is 322 g/mol. The van der Waals surface area contributed by atoms with Crippen molar-refractivity contribution in [3.8, 4) is 0 Å². The molecular formula is C15H18N2O2S2. The fourth-order valence-electron chi connectivity index (χ4n) is 2.59. The molecule has 0 fully saturated rings. The van der Waals surface area contributed by atoms with E-state index in [4.69, 9.17) is 0 Å².